The van der Waals surface area contributed by atoms with E-state index in [0.717, 1.165) is 13.0 Å². The van der Waals surface area contributed by atoms with Gasteiger partial charge in [-0.05, 0) is 12.8 Å². The minimum atomic E-state index is 1.13. The quantitative estimate of drug-likeness (QED) is 0.569. The fourth-order valence-electron chi connectivity index (χ4n) is 0.927. The summed E-state index contributed by atoms with van der Waals surface area (Å²) in [5.41, 5.74) is 3.24. The summed E-state index contributed by atoms with van der Waals surface area (Å²) in [6.45, 7) is 6.68. The molecule has 1 N–H and O–H groups in total. The smallest absolute Gasteiger partial charge is 0.0410 e. The summed E-state index contributed by atoms with van der Waals surface area (Å²) in [5.74, 6) is 0. The predicted octanol–water partition coefficient (Wildman–Crippen LogP) is 0.768. The van der Waals surface area contributed by atoms with Crippen LogP contribution in [-0.4, -0.2) is 18.1 Å². The second-order valence-electron chi connectivity index (χ2n) is 2.05. The zero-order chi connectivity index (χ0) is 5.82. The van der Waals surface area contributed by atoms with Crippen LogP contribution in [0.1, 0.15) is 19.8 Å². The third-order valence-electron chi connectivity index (χ3n) is 1.29. The van der Waals surface area contributed by atoms with E-state index in [4.69, 9.17) is 0 Å². The molecule has 1 rings (SSSR count). The fraction of sp³-hybridized carbons (Fsp3) is 0.833. The van der Waals surface area contributed by atoms with E-state index < -0.39 is 0 Å². The van der Waals surface area contributed by atoms with Gasteiger partial charge in [-0.15, -0.1) is 0 Å². The molecule has 0 aliphatic carbocycles. The van der Waals surface area contributed by atoms with Crippen LogP contribution in [0.5, 0.6) is 0 Å². The van der Waals surface area contributed by atoms with Crippen molar-refractivity contribution in [1.29, 1.82) is 0 Å². The molecule has 0 unspecified atom stereocenters. The number of rotatable bonds is 2. The lowest BCUT2D eigenvalue weighted by Gasteiger charge is -2.11. The largest absolute Gasteiger partial charge is 0.255 e. The van der Waals surface area contributed by atoms with Gasteiger partial charge in [-0.3, -0.25) is 5.43 Å². The van der Waals surface area contributed by atoms with Crippen molar-refractivity contribution >= 4 is 0 Å². The molecule has 0 bridgehead atoms. The standard InChI is InChI=1S/C6H13N2/c1-2-5-8-6-3-4-7-8/h5,7H,2-4,6H2,1H3. The van der Waals surface area contributed by atoms with Crippen molar-refractivity contribution in [2.45, 2.75) is 19.8 Å². The Morgan fingerprint density at radius 2 is 2.62 bits per heavy atom. The van der Waals surface area contributed by atoms with Crippen LogP contribution in [0.25, 0.3) is 0 Å². The van der Waals surface area contributed by atoms with Crippen LogP contribution in [0.3, 0.4) is 0 Å². The third-order valence-corrected chi connectivity index (χ3v) is 1.29. The Balaban J connectivity index is 2.06. The summed E-state index contributed by atoms with van der Waals surface area (Å²) >= 11 is 0. The molecular weight excluding hydrogens is 100 g/mol. The van der Waals surface area contributed by atoms with Crippen molar-refractivity contribution in [2.24, 2.45) is 0 Å². The Hall–Kier alpha value is -0.0800. The van der Waals surface area contributed by atoms with Crippen LogP contribution < -0.4 is 5.43 Å². The molecule has 0 amide bonds. The van der Waals surface area contributed by atoms with Crippen molar-refractivity contribution in [3.8, 4) is 0 Å². The molecule has 47 valence electrons. The Morgan fingerprint density at radius 1 is 1.75 bits per heavy atom. The van der Waals surface area contributed by atoms with E-state index in [1.54, 1.807) is 0 Å². The van der Waals surface area contributed by atoms with Crippen LogP contribution >= 0.6 is 0 Å². The number of hydrazine groups is 1. The van der Waals surface area contributed by atoms with Crippen molar-refractivity contribution in [1.82, 2.24) is 10.4 Å². The van der Waals surface area contributed by atoms with Gasteiger partial charge in [0.1, 0.15) is 0 Å². The molecule has 0 aromatic carbocycles. The minimum Gasteiger partial charge on any atom is -0.255 e. The van der Waals surface area contributed by atoms with E-state index in [-0.39, 0.29) is 0 Å². The molecular formula is C6H13N2. The highest BCUT2D eigenvalue weighted by molar-refractivity contribution is 4.68. The Morgan fingerprint density at radius 3 is 3.12 bits per heavy atom. The zero-order valence-electron chi connectivity index (χ0n) is 5.35. The van der Waals surface area contributed by atoms with Crippen LogP contribution in [0.4, 0.5) is 0 Å². The summed E-state index contributed by atoms with van der Waals surface area (Å²) in [5, 5.41) is 2.17. The van der Waals surface area contributed by atoms with E-state index in [1.807, 2.05) is 0 Å². The van der Waals surface area contributed by atoms with Crippen molar-refractivity contribution < 1.29 is 0 Å². The number of hydrogen-bond acceptors (Lipinski definition) is 2. The van der Waals surface area contributed by atoms with E-state index in [2.05, 4.69) is 23.9 Å². The molecule has 1 aliphatic heterocycles. The second-order valence-corrected chi connectivity index (χ2v) is 2.05. The van der Waals surface area contributed by atoms with Crippen molar-refractivity contribution in [3.05, 3.63) is 6.54 Å². The van der Waals surface area contributed by atoms with Gasteiger partial charge in [-0.25, -0.2) is 5.01 Å². The molecule has 0 spiro atoms. The normalized spacial score (nSPS) is 22.1. The molecule has 0 atom stereocenters. The monoisotopic (exact) mass is 113 g/mol. The van der Waals surface area contributed by atoms with Gasteiger partial charge in [0.05, 0.1) is 0 Å². The number of nitrogens with one attached hydrogen (secondary N) is 1. The molecule has 0 aromatic rings. The maximum atomic E-state index is 3.24. The van der Waals surface area contributed by atoms with E-state index in [0.29, 0.717) is 0 Å². The van der Waals surface area contributed by atoms with Gasteiger partial charge in [0.25, 0.3) is 0 Å². The maximum Gasteiger partial charge on any atom is 0.0410 e. The zero-order valence-corrected chi connectivity index (χ0v) is 5.35. The van der Waals surface area contributed by atoms with Gasteiger partial charge in [0.2, 0.25) is 0 Å². The summed E-state index contributed by atoms with van der Waals surface area (Å²) in [6, 6.07) is 0. The Labute approximate surface area is 50.8 Å². The first kappa shape index (κ1) is 6.05. The second kappa shape index (κ2) is 3.05. The van der Waals surface area contributed by atoms with Gasteiger partial charge in [0.15, 0.2) is 0 Å². The van der Waals surface area contributed by atoms with Gasteiger partial charge >= 0.3 is 0 Å². The average Bonchev–Trinajstić information content (AvgIpc) is 2.19. The first-order valence-corrected chi connectivity index (χ1v) is 3.27. The lowest BCUT2D eigenvalue weighted by atomic mass is 10.4. The fourth-order valence-corrected chi connectivity index (χ4v) is 0.927. The molecule has 2 nitrogen and oxygen atoms in total. The van der Waals surface area contributed by atoms with Gasteiger partial charge in [-0.2, -0.15) is 0 Å². The number of nitrogens with zero attached hydrogens (tertiary/aromatic N) is 1. The lowest BCUT2D eigenvalue weighted by Crippen LogP contribution is -2.27. The average molecular weight is 113 g/mol. The van der Waals surface area contributed by atoms with Crippen LogP contribution in [0.2, 0.25) is 0 Å². The van der Waals surface area contributed by atoms with Gasteiger partial charge in [-0.1, -0.05) is 6.92 Å². The summed E-state index contributed by atoms with van der Waals surface area (Å²) in [7, 11) is 0. The Bertz CT molecular complexity index is 57.5. The summed E-state index contributed by atoms with van der Waals surface area (Å²) < 4.78 is 0. The predicted molar refractivity (Wildman–Crippen MR) is 33.9 cm³/mol. The van der Waals surface area contributed by atoms with Gasteiger partial charge < -0.3 is 0 Å². The van der Waals surface area contributed by atoms with Crippen LogP contribution in [-0.2, 0) is 0 Å². The molecule has 8 heavy (non-hydrogen) atoms. The first-order valence-electron chi connectivity index (χ1n) is 3.27. The van der Waals surface area contributed by atoms with Crippen molar-refractivity contribution in [3.63, 3.8) is 0 Å². The lowest BCUT2D eigenvalue weighted by molar-refractivity contribution is 0.308. The van der Waals surface area contributed by atoms with Crippen LogP contribution in [0, 0.1) is 6.54 Å². The molecule has 1 heterocycles. The SMILES string of the molecule is CC[CH]N1CCCN1. The minimum absolute atomic E-state index is 1.13. The molecule has 1 fully saturated rings. The summed E-state index contributed by atoms with van der Waals surface area (Å²) in [4.78, 5) is 0. The van der Waals surface area contributed by atoms with Gasteiger partial charge in [0, 0.05) is 19.6 Å². The highest BCUT2D eigenvalue weighted by atomic mass is 15.5. The first-order chi connectivity index (χ1) is 3.93. The summed E-state index contributed by atoms with van der Waals surface area (Å²) in [6.07, 6.45) is 2.42. The highest BCUT2D eigenvalue weighted by Crippen LogP contribution is 1.99. The molecule has 1 aliphatic rings. The molecule has 2 heteroatoms. The van der Waals surface area contributed by atoms with E-state index >= 15 is 0 Å². The van der Waals surface area contributed by atoms with Crippen LogP contribution in [0.15, 0.2) is 0 Å². The van der Waals surface area contributed by atoms with E-state index in [1.165, 1.54) is 13.0 Å². The maximum absolute atomic E-state index is 3.24. The Kier molecular flexibility index (Phi) is 2.30. The molecule has 0 aromatic heterocycles. The number of hydrogen-bond donors (Lipinski definition) is 1. The van der Waals surface area contributed by atoms with E-state index in [9.17, 15) is 0 Å². The third kappa shape index (κ3) is 1.46. The molecule has 0 saturated carbocycles. The molecule has 1 radical (unpaired) electrons. The topological polar surface area (TPSA) is 15.3 Å². The van der Waals surface area contributed by atoms with Crippen molar-refractivity contribution in [2.75, 3.05) is 13.1 Å². The molecule has 1 saturated heterocycles. The highest BCUT2D eigenvalue weighted by Gasteiger charge is 2.07.